The van der Waals surface area contributed by atoms with Crippen molar-refractivity contribution >= 4 is 5.78 Å². The van der Waals surface area contributed by atoms with Crippen molar-refractivity contribution in [2.45, 2.75) is 11.7 Å². The molecule has 0 saturated heterocycles. The van der Waals surface area contributed by atoms with Crippen LogP contribution in [0.3, 0.4) is 0 Å². The Labute approximate surface area is 151 Å². The molecule has 4 rings (SSSR count). The number of carbonyl (C=O) groups excluding carboxylic acids is 1. The SMILES string of the molecule is O=C(c1ccccc1)[C@H]1Oc2ccccc2OC[C@]1(O)c1ccccc1. The number of carbonyl (C=O) groups is 1. The number of hydrogen-bond acceptors (Lipinski definition) is 4. The number of rotatable bonds is 3. The van der Waals surface area contributed by atoms with Gasteiger partial charge in [0.05, 0.1) is 0 Å². The summed E-state index contributed by atoms with van der Waals surface area (Å²) in [7, 11) is 0. The van der Waals surface area contributed by atoms with Gasteiger partial charge < -0.3 is 14.6 Å². The van der Waals surface area contributed by atoms with E-state index in [1.54, 1.807) is 54.6 Å². The van der Waals surface area contributed by atoms with Gasteiger partial charge in [-0.15, -0.1) is 0 Å². The average Bonchev–Trinajstić information content (AvgIpc) is 2.86. The molecule has 1 aliphatic rings. The normalized spacial score (nSPS) is 21.7. The maximum Gasteiger partial charge on any atom is 0.206 e. The van der Waals surface area contributed by atoms with E-state index in [4.69, 9.17) is 9.47 Å². The van der Waals surface area contributed by atoms with E-state index in [1.165, 1.54) is 0 Å². The summed E-state index contributed by atoms with van der Waals surface area (Å²) in [5.41, 5.74) is -0.568. The van der Waals surface area contributed by atoms with Crippen molar-refractivity contribution in [2.24, 2.45) is 0 Å². The van der Waals surface area contributed by atoms with Crippen LogP contribution in [0.25, 0.3) is 0 Å². The standard InChI is InChI=1S/C22H18O4/c23-20(16-9-3-1-4-10-16)21-22(24,17-11-5-2-6-12-17)15-25-18-13-7-8-14-19(18)26-21/h1-14,21,24H,15H2/t21-,22+/m1/s1. The lowest BCUT2D eigenvalue weighted by atomic mass is 9.84. The summed E-state index contributed by atoms with van der Waals surface area (Å²) < 4.78 is 11.8. The van der Waals surface area contributed by atoms with E-state index in [2.05, 4.69) is 0 Å². The minimum Gasteiger partial charge on any atom is -0.486 e. The third kappa shape index (κ3) is 2.85. The van der Waals surface area contributed by atoms with Crippen molar-refractivity contribution in [1.29, 1.82) is 0 Å². The van der Waals surface area contributed by atoms with Gasteiger partial charge in [-0.1, -0.05) is 72.8 Å². The number of Topliss-reactive ketones (excluding diaryl/α,β-unsaturated/α-hetero) is 1. The van der Waals surface area contributed by atoms with Crippen molar-refractivity contribution in [3.8, 4) is 11.5 Å². The molecule has 2 atom stereocenters. The van der Waals surface area contributed by atoms with Crippen LogP contribution in [0.15, 0.2) is 84.9 Å². The zero-order valence-corrected chi connectivity index (χ0v) is 14.0. The molecule has 1 aliphatic heterocycles. The zero-order valence-electron chi connectivity index (χ0n) is 14.0. The number of aliphatic hydroxyl groups is 1. The number of hydrogen-bond donors (Lipinski definition) is 1. The fraction of sp³-hybridized carbons (Fsp3) is 0.136. The lowest BCUT2D eigenvalue weighted by molar-refractivity contribution is -0.0678. The molecule has 0 spiro atoms. The first-order valence-corrected chi connectivity index (χ1v) is 8.44. The van der Waals surface area contributed by atoms with Gasteiger partial charge in [0.15, 0.2) is 23.2 Å². The minimum atomic E-state index is -1.62. The molecule has 0 aliphatic carbocycles. The number of ketones is 1. The van der Waals surface area contributed by atoms with Gasteiger partial charge in [-0.3, -0.25) is 4.79 Å². The number of ether oxygens (including phenoxy) is 2. The highest BCUT2D eigenvalue weighted by Gasteiger charge is 2.48. The Morgan fingerprint density at radius 3 is 2.12 bits per heavy atom. The van der Waals surface area contributed by atoms with Gasteiger partial charge in [0, 0.05) is 5.56 Å². The van der Waals surface area contributed by atoms with E-state index in [0.29, 0.717) is 22.6 Å². The molecule has 3 aromatic carbocycles. The average molecular weight is 346 g/mol. The monoisotopic (exact) mass is 346 g/mol. The lowest BCUT2D eigenvalue weighted by Crippen LogP contribution is -2.51. The number of para-hydroxylation sites is 2. The van der Waals surface area contributed by atoms with Gasteiger partial charge in [0.2, 0.25) is 5.78 Å². The molecule has 0 amide bonds. The van der Waals surface area contributed by atoms with Crippen LogP contribution in [0.5, 0.6) is 11.5 Å². The zero-order chi connectivity index (χ0) is 18.0. The Morgan fingerprint density at radius 2 is 1.42 bits per heavy atom. The molecule has 0 saturated carbocycles. The highest BCUT2D eigenvalue weighted by atomic mass is 16.6. The van der Waals surface area contributed by atoms with Crippen molar-refractivity contribution in [1.82, 2.24) is 0 Å². The van der Waals surface area contributed by atoms with Crippen LogP contribution in [0.1, 0.15) is 15.9 Å². The molecule has 0 aromatic heterocycles. The third-order valence-corrected chi connectivity index (χ3v) is 4.55. The fourth-order valence-corrected chi connectivity index (χ4v) is 3.14. The predicted molar refractivity (Wildman–Crippen MR) is 97.5 cm³/mol. The first-order chi connectivity index (χ1) is 12.7. The Kier molecular flexibility index (Phi) is 4.19. The van der Waals surface area contributed by atoms with Crippen molar-refractivity contribution in [3.63, 3.8) is 0 Å². The van der Waals surface area contributed by atoms with Crippen LogP contribution in [-0.2, 0) is 5.60 Å². The fourth-order valence-electron chi connectivity index (χ4n) is 3.14. The van der Waals surface area contributed by atoms with Gasteiger partial charge in [0.1, 0.15) is 6.61 Å². The van der Waals surface area contributed by atoms with Gasteiger partial charge in [-0.25, -0.2) is 0 Å². The van der Waals surface area contributed by atoms with E-state index in [0.717, 1.165) is 0 Å². The summed E-state index contributed by atoms with van der Waals surface area (Å²) in [4.78, 5) is 13.2. The molecule has 1 N–H and O–H groups in total. The first-order valence-electron chi connectivity index (χ1n) is 8.44. The van der Waals surface area contributed by atoms with Crippen LogP contribution >= 0.6 is 0 Å². The molecular weight excluding hydrogens is 328 g/mol. The van der Waals surface area contributed by atoms with Crippen LogP contribution in [-0.4, -0.2) is 23.6 Å². The summed E-state index contributed by atoms with van der Waals surface area (Å²) in [6.07, 6.45) is -1.13. The highest BCUT2D eigenvalue weighted by molar-refractivity contribution is 6.00. The Hall–Kier alpha value is -3.11. The molecule has 1 heterocycles. The summed E-state index contributed by atoms with van der Waals surface area (Å²) in [6.45, 7) is -0.0860. The summed E-state index contributed by atoms with van der Waals surface area (Å²) in [5, 5.41) is 11.5. The van der Waals surface area contributed by atoms with E-state index in [1.807, 2.05) is 30.3 Å². The third-order valence-electron chi connectivity index (χ3n) is 4.55. The summed E-state index contributed by atoms with van der Waals surface area (Å²) in [6, 6.07) is 25.0. The molecule has 0 bridgehead atoms. The Balaban J connectivity index is 1.82. The maximum absolute atomic E-state index is 13.2. The molecule has 3 aromatic rings. The van der Waals surface area contributed by atoms with Crippen molar-refractivity contribution in [2.75, 3.05) is 6.61 Å². The van der Waals surface area contributed by atoms with Crippen molar-refractivity contribution in [3.05, 3.63) is 96.1 Å². The van der Waals surface area contributed by atoms with Gasteiger partial charge in [-0.05, 0) is 17.7 Å². The van der Waals surface area contributed by atoms with Gasteiger partial charge >= 0.3 is 0 Å². The molecule has 4 nitrogen and oxygen atoms in total. The molecular formula is C22H18O4. The van der Waals surface area contributed by atoms with Crippen LogP contribution in [0, 0.1) is 0 Å². The second kappa shape index (κ2) is 6.65. The molecule has 26 heavy (non-hydrogen) atoms. The van der Waals surface area contributed by atoms with Crippen LogP contribution in [0.2, 0.25) is 0 Å². The molecule has 0 radical (unpaired) electrons. The quantitative estimate of drug-likeness (QED) is 0.736. The second-order valence-corrected chi connectivity index (χ2v) is 6.25. The first kappa shape index (κ1) is 16.4. The van der Waals surface area contributed by atoms with E-state index in [-0.39, 0.29) is 12.4 Å². The van der Waals surface area contributed by atoms with Gasteiger partial charge in [0.25, 0.3) is 0 Å². The van der Waals surface area contributed by atoms with Crippen LogP contribution < -0.4 is 9.47 Å². The number of fused-ring (bicyclic) bond motifs is 1. The topological polar surface area (TPSA) is 55.8 Å². The minimum absolute atomic E-state index is 0.0860. The maximum atomic E-state index is 13.2. The van der Waals surface area contributed by atoms with E-state index >= 15 is 0 Å². The Bertz CT molecular complexity index is 908. The van der Waals surface area contributed by atoms with Crippen molar-refractivity contribution < 1.29 is 19.4 Å². The predicted octanol–water partition coefficient (Wildman–Crippen LogP) is 3.60. The second-order valence-electron chi connectivity index (χ2n) is 6.25. The highest BCUT2D eigenvalue weighted by Crippen LogP contribution is 2.38. The molecule has 4 heteroatoms. The number of benzene rings is 3. The molecule has 0 fully saturated rings. The lowest BCUT2D eigenvalue weighted by Gasteiger charge is -2.32. The smallest absolute Gasteiger partial charge is 0.206 e. The molecule has 0 unspecified atom stereocenters. The van der Waals surface area contributed by atoms with Crippen LogP contribution in [0.4, 0.5) is 0 Å². The largest absolute Gasteiger partial charge is 0.486 e. The van der Waals surface area contributed by atoms with Gasteiger partial charge in [-0.2, -0.15) is 0 Å². The molecule has 130 valence electrons. The Morgan fingerprint density at radius 1 is 0.846 bits per heavy atom. The summed E-state index contributed by atoms with van der Waals surface area (Å²) >= 11 is 0. The summed E-state index contributed by atoms with van der Waals surface area (Å²) in [5.74, 6) is 0.649. The van der Waals surface area contributed by atoms with E-state index < -0.39 is 11.7 Å². The van der Waals surface area contributed by atoms with E-state index in [9.17, 15) is 9.90 Å².